The first-order valence-electron chi connectivity index (χ1n) is 5.87. The first kappa shape index (κ1) is 12.6. The molecule has 3 aromatic rings. The molecule has 0 fully saturated rings. The average molecular weight is 285 g/mol. The predicted octanol–water partition coefficient (Wildman–Crippen LogP) is 2.98. The van der Waals surface area contributed by atoms with Gasteiger partial charge in [0.1, 0.15) is 22.0 Å². The number of nitrogens with zero attached hydrogens (tertiary/aromatic N) is 3. The third kappa shape index (κ3) is 2.33. The van der Waals surface area contributed by atoms with Crippen LogP contribution in [0.25, 0.3) is 21.7 Å². The van der Waals surface area contributed by atoms with Crippen molar-refractivity contribution >= 4 is 11.3 Å². The Kier molecular flexibility index (Phi) is 3.30. The molecule has 1 N–H and O–H groups in total. The van der Waals surface area contributed by atoms with Crippen LogP contribution in [-0.4, -0.2) is 27.4 Å². The van der Waals surface area contributed by atoms with Crippen molar-refractivity contribution in [2.45, 2.75) is 0 Å². The summed E-state index contributed by atoms with van der Waals surface area (Å²) < 4.78 is 5.32. The molecule has 5 nitrogen and oxygen atoms in total. The number of rotatable bonds is 3. The maximum Gasteiger partial charge on any atom is 0.149 e. The Hall–Kier alpha value is -2.47. The third-order valence-electron chi connectivity index (χ3n) is 2.84. The molecule has 2 heterocycles. The van der Waals surface area contributed by atoms with Crippen LogP contribution in [0.1, 0.15) is 0 Å². The van der Waals surface area contributed by atoms with Crippen molar-refractivity contribution in [3.63, 3.8) is 0 Å². The number of phenolic OH excluding ortho intramolecular Hbond substituents is 1. The van der Waals surface area contributed by atoms with Crippen LogP contribution in [0.3, 0.4) is 0 Å². The Bertz CT molecular complexity index is 729. The number of aromatic nitrogens is 3. The topological polar surface area (TPSA) is 68.1 Å². The summed E-state index contributed by atoms with van der Waals surface area (Å²) in [5, 5.41) is 18.3. The highest BCUT2D eigenvalue weighted by atomic mass is 32.1. The lowest BCUT2D eigenvalue weighted by Gasteiger charge is -2.09. The van der Waals surface area contributed by atoms with Gasteiger partial charge in [0.05, 0.1) is 7.11 Å². The van der Waals surface area contributed by atoms with E-state index in [4.69, 9.17) is 4.74 Å². The van der Waals surface area contributed by atoms with Gasteiger partial charge in [-0.3, -0.25) is 4.98 Å². The van der Waals surface area contributed by atoms with Crippen molar-refractivity contribution in [3.8, 4) is 33.2 Å². The standard InChI is InChI=1S/C14H11N3O2S/c1-19-13-3-2-11(18)5-12(13)9-4-10(7-15-6-9)14-17-16-8-20-14/h2-8,18H,1H3. The zero-order chi connectivity index (χ0) is 13.9. The van der Waals surface area contributed by atoms with E-state index in [-0.39, 0.29) is 5.75 Å². The molecule has 0 atom stereocenters. The van der Waals surface area contributed by atoms with Crippen molar-refractivity contribution in [2.75, 3.05) is 7.11 Å². The lowest BCUT2D eigenvalue weighted by molar-refractivity contribution is 0.414. The molecule has 0 aliphatic heterocycles. The molecule has 20 heavy (non-hydrogen) atoms. The molecule has 0 aliphatic carbocycles. The van der Waals surface area contributed by atoms with Crippen LogP contribution in [-0.2, 0) is 0 Å². The zero-order valence-corrected chi connectivity index (χ0v) is 11.5. The molecule has 2 aromatic heterocycles. The lowest BCUT2D eigenvalue weighted by atomic mass is 10.0. The van der Waals surface area contributed by atoms with Crippen molar-refractivity contribution in [2.24, 2.45) is 0 Å². The number of ether oxygens (including phenoxy) is 1. The van der Waals surface area contributed by atoms with Gasteiger partial charge in [-0.2, -0.15) is 0 Å². The molecule has 6 heteroatoms. The molecule has 3 rings (SSSR count). The van der Waals surface area contributed by atoms with Crippen LogP contribution in [0.15, 0.2) is 42.2 Å². The van der Waals surface area contributed by atoms with Crippen molar-refractivity contribution in [3.05, 3.63) is 42.2 Å². The van der Waals surface area contributed by atoms with Crippen molar-refractivity contribution in [1.29, 1.82) is 0 Å². The Morgan fingerprint density at radius 1 is 1.15 bits per heavy atom. The molecule has 0 saturated heterocycles. The van der Waals surface area contributed by atoms with Crippen molar-refractivity contribution in [1.82, 2.24) is 15.2 Å². The van der Waals surface area contributed by atoms with Crippen LogP contribution in [0.5, 0.6) is 11.5 Å². The van der Waals surface area contributed by atoms with Crippen LogP contribution in [0, 0.1) is 0 Å². The van der Waals surface area contributed by atoms with E-state index in [1.807, 2.05) is 6.07 Å². The second kappa shape index (κ2) is 5.26. The molecule has 0 spiro atoms. The average Bonchev–Trinajstić information content (AvgIpc) is 3.01. The largest absolute Gasteiger partial charge is 0.508 e. The monoisotopic (exact) mass is 285 g/mol. The summed E-state index contributed by atoms with van der Waals surface area (Å²) in [6, 6.07) is 6.91. The Labute approximate surface area is 119 Å². The highest BCUT2D eigenvalue weighted by Gasteiger charge is 2.10. The molecule has 0 aliphatic rings. The zero-order valence-electron chi connectivity index (χ0n) is 10.6. The first-order valence-corrected chi connectivity index (χ1v) is 6.75. The Balaban J connectivity index is 2.11. The van der Waals surface area contributed by atoms with Crippen molar-refractivity contribution < 1.29 is 9.84 Å². The smallest absolute Gasteiger partial charge is 0.149 e. The van der Waals surface area contributed by atoms with Crippen LogP contribution >= 0.6 is 11.3 Å². The number of phenols is 1. The quantitative estimate of drug-likeness (QED) is 0.801. The highest BCUT2D eigenvalue weighted by Crippen LogP contribution is 2.34. The molecule has 0 amide bonds. The van der Waals surface area contributed by atoms with Crippen LogP contribution < -0.4 is 4.74 Å². The van der Waals surface area contributed by atoms with E-state index < -0.39 is 0 Å². The molecule has 100 valence electrons. The summed E-state index contributed by atoms with van der Waals surface area (Å²) in [4.78, 5) is 4.22. The number of benzene rings is 1. The second-order valence-electron chi connectivity index (χ2n) is 4.09. The van der Waals surface area contributed by atoms with Gasteiger partial charge in [-0.05, 0) is 24.3 Å². The van der Waals surface area contributed by atoms with E-state index in [1.165, 1.54) is 11.3 Å². The van der Waals surface area contributed by atoms with Gasteiger partial charge in [0.15, 0.2) is 0 Å². The normalized spacial score (nSPS) is 10.4. The van der Waals surface area contributed by atoms with Crippen LogP contribution in [0.4, 0.5) is 0 Å². The van der Waals surface area contributed by atoms with E-state index >= 15 is 0 Å². The van der Waals surface area contributed by atoms with E-state index in [0.717, 1.165) is 21.7 Å². The molecule has 0 unspecified atom stereocenters. The molecular weight excluding hydrogens is 274 g/mol. The lowest BCUT2D eigenvalue weighted by Crippen LogP contribution is -1.89. The number of aromatic hydroxyl groups is 1. The van der Waals surface area contributed by atoms with Gasteiger partial charge in [-0.1, -0.05) is 11.3 Å². The van der Waals surface area contributed by atoms with E-state index in [1.54, 1.807) is 43.2 Å². The van der Waals surface area contributed by atoms with E-state index in [0.29, 0.717) is 5.75 Å². The minimum Gasteiger partial charge on any atom is -0.508 e. The molecule has 0 radical (unpaired) electrons. The van der Waals surface area contributed by atoms with E-state index in [2.05, 4.69) is 15.2 Å². The molecular formula is C14H11N3O2S. The second-order valence-corrected chi connectivity index (χ2v) is 4.92. The van der Waals surface area contributed by atoms with Gasteiger partial charge in [0, 0.05) is 29.1 Å². The minimum atomic E-state index is 0.183. The van der Waals surface area contributed by atoms with Gasteiger partial charge in [0.25, 0.3) is 0 Å². The molecule has 0 bridgehead atoms. The van der Waals surface area contributed by atoms with Gasteiger partial charge < -0.3 is 9.84 Å². The van der Waals surface area contributed by atoms with Gasteiger partial charge >= 0.3 is 0 Å². The summed E-state index contributed by atoms with van der Waals surface area (Å²) >= 11 is 1.45. The fourth-order valence-corrected chi connectivity index (χ4v) is 2.46. The Morgan fingerprint density at radius 2 is 2.00 bits per heavy atom. The van der Waals surface area contributed by atoms with E-state index in [9.17, 15) is 5.11 Å². The highest BCUT2D eigenvalue weighted by molar-refractivity contribution is 7.12. The number of pyridine rings is 1. The number of methoxy groups -OCH3 is 1. The summed E-state index contributed by atoms with van der Waals surface area (Å²) in [6.45, 7) is 0. The van der Waals surface area contributed by atoms with Gasteiger partial charge in [0.2, 0.25) is 0 Å². The summed E-state index contributed by atoms with van der Waals surface area (Å²) in [5.74, 6) is 0.862. The Morgan fingerprint density at radius 3 is 2.75 bits per heavy atom. The van der Waals surface area contributed by atoms with Gasteiger partial charge in [-0.25, -0.2) is 0 Å². The maximum absolute atomic E-state index is 9.65. The minimum absolute atomic E-state index is 0.183. The van der Waals surface area contributed by atoms with Crippen LogP contribution in [0.2, 0.25) is 0 Å². The number of hydrogen-bond donors (Lipinski definition) is 1. The predicted molar refractivity (Wildman–Crippen MR) is 76.8 cm³/mol. The molecule has 0 saturated carbocycles. The summed E-state index contributed by atoms with van der Waals surface area (Å²) in [7, 11) is 1.60. The fourth-order valence-electron chi connectivity index (χ4n) is 1.92. The number of hydrogen-bond acceptors (Lipinski definition) is 6. The van der Waals surface area contributed by atoms with Gasteiger partial charge in [-0.15, -0.1) is 10.2 Å². The summed E-state index contributed by atoms with van der Waals surface area (Å²) in [5.41, 5.74) is 4.20. The first-order chi connectivity index (χ1) is 9.78. The molecule has 1 aromatic carbocycles. The SMILES string of the molecule is COc1ccc(O)cc1-c1cncc(-c2nncs2)c1. The maximum atomic E-state index is 9.65. The summed E-state index contributed by atoms with van der Waals surface area (Å²) in [6.07, 6.45) is 3.46. The third-order valence-corrected chi connectivity index (χ3v) is 3.58. The fraction of sp³-hybridized carbons (Fsp3) is 0.0714.